The normalized spacial score (nSPS) is 19.2. The first-order valence-electron chi connectivity index (χ1n) is 11.0. The second kappa shape index (κ2) is 11.3. The zero-order valence-electron chi connectivity index (χ0n) is 18.5. The molecule has 0 spiro atoms. The van der Waals surface area contributed by atoms with Crippen LogP contribution in [-0.4, -0.2) is 6.10 Å². The van der Waals surface area contributed by atoms with E-state index in [1.165, 1.54) is 6.07 Å². The summed E-state index contributed by atoms with van der Waals surface area (Å²) in [5.74, 6) is -5.15. The molecule has 2 aromatic rings. The third-order valence-corrected chi connectivity index (χ3v) is 5.90. The molecule has 1 saturated carbocycles. The van der Waals surface area contributed by atoms with Gasteiger partial charge in [0.05, 0.1) is 18.3 Å². The van der Waals surface area contributed by atoms with E-state index in [9.17, 15) is 30.7 Å². The summed E-state index contributed by atoms with van der Waals surface area (Å²) in [5.41, 5.74) is -2.80. The molecule has 0 aromatic heterocycles. The van der Waals surface area contributed by atoms with Crippen molar-refractivity contribution in [3.63, 3.8) is 0 Å². The van der Waals surface area contributed by atoms with Crippen molar-refractivity contribution in [2.75, 3.05) is 0 Å². The Morgan fingerprint density at radius 1 is 1.00 bits per heavy atom. The van der Waals surface area contributed by atoms with Crippen LogP contribution in [0.1, 0.15) is 62.1 Å². The molecule has 0 heterocycles. The van der Waals surface area contributed by atoms with Gasteiger partial charge in [0.2, 0.25) is 0 Å². The molecule has 0 atom stereocenters. The summed E-state index contributed by atoms with van der Waals surface area (Å²) in [6, 6.07) is 3.60. The molecule has 2 nitrogen and oxygen atoms in total. The van der Waals surface area contributed by atoms with E-state index in [-0.39, 0.29) is 18.3 Å². The molecule has 0 bridgehead atoms. The number of hydrogen-bond donors (Lipinski definition) is 0. The highest BCUT2D eigenvalue weighted by Gasteiger charge is 2.40. The van der Waals surface area contributed by atoms with E-state index in [1.54, 1.807) is 0 Å². The van der Waals surface area contributed by atoms with Gasteiger partial charge >= 0.3 is 6.11 Å². The van der Waals surface area contributed by atoms with E-state index in [0.717, 1.165) is 38.2 Å². The minimum Gasteiger partial charge on any atom is -0.429 e. The molecule has 0 radical (unpaired) electrons. The lowest BCUT2D eigenvalue weighted by atomic mass is 9.85. The molecule has 3 rings (SSSR count). The average molecular weight is 490 g/mol. The molecule has 1 aliphatic rings. The van der Waals surface area contributed by atoms with Gasteiger partial charge in [-0.05, 0) is 63.1 Å². The third kappa shape index (κ3) is 6.31. The summed E-state index contributed by atoms with van der Waals surface area (Å²) in [6.45, 7) is 1.92. The number of hydrogen-bond acceptors (Lipinski definition) is 2. The summed E-state index contributed by atoms with van der Waals surface area (Å²) in [4.78, 5) is 0. The Bertz CT molecular complexity index is 999. The van der Waals surface area contributed by atoms with Gasteiger partial charge in [-0.25, -0.2) is 22.0 Å². The average Bonchev–Trinajstić information content (AvgIpc) is 2.79. The first-order chi connectivity index (χ1) is 16.1. The molecule has 1 fully saturated rings. The molecule has 0 aliphatic heterocycles. The largest absolute Gasteiger partial charge is 0.429 e. The Labute approximate surface area is 193 Å². The van der Waals surface area contributed by atoms with Crippen LogP contribution in [0.5, 0.6) is 5.75 Å². The van der Waals surface area contributed by atoms with E-state index in [4.69, 9.17) is 4.74 Å². The molecule has 0 unspecified atom stereocenters. The van der Waals surface area contributed by atoms with Gasteiger partial charge in [-0.15, -0.1) is 0 Å². The van der Waals surface area contributed by atoms with Crippen molar-refractivity contribution >= 4 is 0 Å². The third-order valence-electron chi connectivity index (χ3n) is 5.90. The smallest absolute Gasteiger partial charge is 0.429 e. The SMILES string of the molecule is CC=CCC1CCC(OCc2ccc(OC(F)(F)c3ccc(C(F)F)c(F)c3F)cc2F)CC1. The minimum atomic E-state index is -4.43. The first-order valence-corrected chi connectivity index (χ1v) is 11.0. The van der Waals surface area contributed by atoms with Crippen LogP contribution >= 0.6 is 0 Å². The number of allylic oxidation sites excluding steroid dienone is 2. The van der Waals surface area contributed by atoms with Gasteiger partial charge in [-0.1, -0.05) is 18.2 Å². The minimum absolute atomic E-state index is 0.0180. The van der Waals surface area contributed by atoms with Crippen LogP contribution in [0.2, 0.25) is 0 Å². The van der Waals surface area contributed by atoms with Crippen LogP contribution in [0.25, 0.3) is 0 Å². The van der Waals surface area contributed by atoms with Gasteiger partial charge in [-0.2, -0.15) is 8.78 Å². The standard InChI is InChI=1S/C25H25F7O2/c1-2-3-4-15-5-8-17(9-6-15)33-14-16-7-10-18(13-21(16)26)34-25(31,32)20-12-11-19(24(29)30)22(27)23(20)28/h2-3,7,10-13,15,17,24H,4-6,8-9,14H2,1H3. The molecular formula is C25H25F7O2. The van der Waals surface area contributed by atoms with E-state index >= 15 is 0 Å². The predicted octanol–water partition coefficient (Wildman–Crippen LogP) is 8.21. The number of halogens is 7. The zero-order chi connectivity index (χ0) is 24.9. The fourth-order valence-electron chi connectivity index (χ4n) is 3.94. The van der Waals surface area contributed by atoms with Gasteiger partial charge in [0.1, 0.15) is 17.1 Å². The molecule has 1 aliphatic carbocycles. The van der Waals surface area contributed by atoms with Crippen molar-refractivity contribution in [1.29, 1.82) is 0 Å². The molecule has 0 amide bonds. The highest BCUT2D eigenvalue weighted by Crippen LogP contribution is 2.37. The van der Waals surface area contributed by atoms with Crippen molar-refractivity contribution in [1.82, 2.24) is 0 Å². The van der Waals surface area contributed by atoms with Crippen LogP contribution in [0.3, 0.4) is 0 Å². The maximum atomic E-state index is 14.4. The van der Waals surface area contributed by atoms with Gasteiger partial charge in [0, 0.05) is 11.6 Å². The van der Waals surface area contributed by atoms with Crippen molar-refractivity contribution < 1.29 is 40.2 Å². The van der Waals surface area contributed by atoms with Crippen LogP contribution in [0.15, 0.2) is 42.5 Å². The number of benzene rings is 2. The Morgan fingerprint density at radius 2 is 1.71 bits per heavy atom. The monoisotopic (exact) mass is 490 g/mol. The zero-order valence-corrected chi connectivity index (χ0v) is 18.5. The van der Waals surface area contributed by atoms with E-state index in [2.05, 4.69) is 10.8 Å². The van der Waals surface area contributed by atoms with Crippen molar-refractivity contribution in [3.8, 4) is 5.75 Å². The topological polar surface area (TPSA) is 18.5 Å². The Balaban J connectivity index is 1.61. The van der Waals surface area contributed by atoms with Crippen LogP contribution < -0.4 is 4.74 Å². The van der Waals surface area contributed by atoms with Gasteiger partial charge < -0.3 is 9.47 Å². The molecule has 34 heavy (non-hydrogen) atoms. The van der Waals surface area contributed by atoms with E-state index in [0.29, 0.717) is 24.1 Å². The lowest BCUT2D eigenvalue weighted by Gasteiger charge is -2.28. The Hall–Kier alpha value is -2.55. The quantitative estimate of drug-likeness (QED) is 0.261. The number of rotatable bonds is 9. The van der Waals surface area contributed by atoms with Crippen molar-refractivity contribution in [2.45, 2.75) is 64.3 Å². The molecular weight excluding hydrogens is 465 g/mol. The lowest BCUT2D eigenvalue weighted by Crippen LogP contribution is -2.24. The van der Waals surface area contributed by atoms with Crippen LogP contribution in [0.4, 0.5) is 30.7 Å². The van der Waals surface area contributed by atoms with Crippen LogP contribution in [-0.2, 0) is 17.5 Å². The summed E-state index contributed by atoms with van der Waals surface area (Å²) in [6.07, 6.45) is 1.07. The second-order valence-corrected chi connectivity index (χ2v) is 8.26. The fraction of sp³-hybridized carbons (Fsp3) is 0.440. The summed E-state index contributed by atoms with van der Waals surface area (Å²) in [7, 11) is 0. The van der Waals surface area contributed by atoms with Gasteiger partial charge in [0.25, 0.3) is 6.43 Å². The summed E-state index contributed by atoms with van der Waals surface area (Å²) >= 11 is 0. The van der Waals surface area contributed by atoms with Crippen molar-refractivity contribution in [2.24, 2.45) is 5.92 Å². The fourth-order valence-corrected chi connectivity index (χ4v) is 3.94. The van der Waals surface area contributed by atoms with Gasteiger partial charge in [-0.3, -0.25) is 0 Å². The first kappa shape index (κ1) is 26.1. The molecule has 0 N–H and O–H groups in total. The predicted molar refractivity (Wildman–Crippen MR) is 112 cm³/mol. The highest BCUT2D eigenvalue weighted by atomic mass is 19.3. The maximum absolute atomic E-state index is 14.4. The Morgan fingerprint density at radius 3 is 2.32 bits per heavy atom. The van der Waals surface area contributed by atoms with Crippen LogP contribution in [0, 0.1) is 23.4 Å². The van der Waals surface area contributed by atoms with E-state index < -0.39 is 46.9 Å². The van der Waals surface area contributed by atoms with Crippen molar-refractivity contribution in [3.05, 3.63) is 76.6 Å². The number of alkyl halides is 4. The lowest BCUT2D eigenvalue weighted by molar-refractivity contribution is -0.187. The Kier molecular flexibility index (Phi) is 8.62. The van der Waals surface area contributed by atoms with E-state index in [1.807, 2.05) is 13.0 Å². The maximum Gasteiger partial charge on any atom is 0.429 e. The molecule has 186 valence electrons. The summed E-state index contributed by atoms with van der Waals surface area (Å²) < 4.78 is 106. The molecule has 9 heteroatoms. The number of ether oxygens (including phenoxy) is 2. The van der Waals surface area contributed by atoms with Gasteiger partial charge in [0.15, 0.2) is 11.6 Å². The highest BCUT2D eigenvalue weighted by molar-refractivity contribution is 5.32. The second-order valence-electron chi connectivity index (χ2n) is 8.26. The molecule has 2 aromatic carbocycles. The summed E-state index contributed by atoms with van der Waals surface area (Å²) in [5, 5.41) is 0. The molecule has 0 saturated heterocycles.